The van der Waals surface area contributed by atoms with Crippen molar-refractivity contribution in [2.45, 2.75) is 43.7 Å². The zero-order chi connectivity index (χ0) is 25.0. The van der Waals surface area contributed by atoms with Gasteiger partial charge in [-0.25, -0.2) is 8.42 Å². The van der Waals surface area contributed by atoms with Crippen LogP contribution in [0, 0.1) is 0 Å². The molecule has 1 aliphatic rings. The number of benzene rings is 3. The van der Waals surface area contributed by atoms with Crippen molar-refractivity contribution in [3.05, 3.63) is 83.4 Å². The predicted molar refractivity (Wildman–Crippen MR) is 136 cm³/mol. The van der Waals surface area contributed by atoms with E-state index in [0.29, 0.717) is 17.8 Å². The second-order valence-electron chi connectivity index (χ2n) is 8.53. The van der Waals surface area contributed by atoms with E-state index in [1.165, 1.54) is 19.2 Å². The lowest BCUT2D eigenvalue weighted by Gasteiger charge is -2.23. The molecule has 184 valence electrons. The molecule has 0 spiro atoms. The van der Waals surface area contributed by atoms with E-state index in [0.717, 1.165) is 36.1 Å². The highest BCUT2D eigenvalue weighted by atomic mass is 32.2. The van der Waals surface area contributed by atoms with Crippen LogP contribution in [-0.2, 0) is 23.0 Å². The highest BCUT2D eigenvalue weighted by molar-refractivity contribution is 7.92. The molecule has 0 atom stereocenters. The normalized spacial score (nSPS) is 13.2. The molecule has 35 heavy (non-hydrogen) atoms. The van der Waals surface area contributed by atoms with E-state index >= 15 is 0 Å². The largest absolute Gasteiger partial charge is 0.497 e. The minimum absolute atomic E-state index is 0.0781. The van der Waals surface area contributed by atoms with Crippen LogP contribution in [0.15, 0.2) is 71.6 Å². The van der Waals surface area contributed by atoms with E-state index in [1.807, 2.05) is 43.3 Å². The molecule has 8 heteroatoms. The van der Waals surface area contributed by atoms with Crippen LogP contribution < -0.4 is 14.2 Å². The third kappa shape index (κ3) is 5.77. The molecule has 0 saturated heterocycles. The molecule has 7 nitrogen and oxygen atoms in total. The molecule has 3 aromatic rings. The van der Waals surface area contributed by atoms with Gasteiger partial charge in [0.2, 0.25) is 0 Å². The van der Waals surface area contributed by atoms with Gasteiger partial charge in [0.15, 0.2) is 0 Å². The van der Waals surface area contributed by atoms with Crippen LogP contribution in [0.1, 0.15) is 41.3 Å². The summed E-state index contributed by atoms with van der Waals surface area (Å²) < 4.78 is 39.6. The first-order valence-corrected chi connectivity index (χ1v) is 13.1. The molecule has 0 radical (unpaired) electrons. The molecule has 0 bridgehead atoms. The third-order valence-electron chi connectivity index (χ3n) is 6.07. The molecule has 0 heterocycles. The second kappa shape index (κ2) is 10.4. The van der Waals surface area contributed by atoms with E-state index in [-0.39, 0.29) is 22.6 Å². The Morgan fingerprint density at radius 2 is 1.60 bits per heavy atom. The van der Waals surface area contributed by atoms with Crippen LogP contribution in [0.4, 0.5) is 5.69 Å². The Labute approximate surface area is 206 Å². The van der Waals surface area contributed by atoms with Gasteiger partial charge in [0.05, 0.1) is 14.2 Å². The molecule has 1 N–H and O–H groups in total. The maximum absolute atomic E-state index is 13.5. The van der Waals surface area contributed by atoms with Gasteiger partial charge in [-0.1, -0.05) is 31.2 Å². The lowest BCUT2D eigenvalue weighted by molar-refractivity contribution is 0.0729. The number of rotatable bonds is 10. The number of sulfonamides is 1. The summed E-state index contributed by atoms with van der Waals surface area (Å²) in [5.41, 5.74) is 2.83. The Hall–Kier alpha value is -3.52. The number of methoxy groups -OCH3 is 2. The van der Waals surface area contributed by atoms with Gasteiger partial charge >= 0.3 is 0 Å². The Kier molecular flexibility index (Phi) is 7.31. The van der Waals surface area contributed by atoms with E-state index in [9.17, 15) is 13.2 Å². The summed E-state index contributed by atoms with van der Waals surface area (Å²) in [6, 6.07) is 19.5. The van der Waals surface area contributed by atoms with Gasteiger partial charge in [0.25, 0.3) is 15.9 Å². The Bertz CT molecular complexity index is 1280. The number of carbonyl (C=O) groups is 1. The lowest BCUT2D eigenvalue weighted by atomic mass is 10.1. The molecule has 0 aromatic heterocycles. The molecule has 1 saturated carbocycles. The molecule has 0 unspecified atom stereocenters. The van der Waals surface area contributed by atoms with Crippen molar-refractivity contribution in [3.63, 3.8) is 0 Å². The van der Waals surface area contributed by atoms with Crippen LogP contribution in [0.25, 0.3) is 0 Å². The number of nitrogens with zero attached hydrogens (tertiary/aromatic N) is 1. The first-order valence-electron chi connectivity index (χ1n) is 11.6. The van der Waals surface area contributed by atoms with Gasteiger partial charge in [0.1, 0.15) is 16.4 Å². The monoisotopic (exact) mass is 494 g/mol. The highest BCUT2D eigenvalue weighted by Gasteiger charge is 2.34. The van der Waals surface area contributed by atoms with E-state index in [4.69, 9.17) is 9.47 Å². The molecule has 0 aliphatic heterocycles. The Morgan fingerprint density at radius 1 is 0.943 bits per heavy atom. The van der Waals surface area contributed by atoms with Gasteiger partial charge in [-0.15, -0.1) is 0 Å². The van der Waals surface area contributed by atoms with E-state index < -0.39 is 10.0 Å². The number of amides is 1. The second-order valence-corrected chi connectivity index (χ2v) is 10.2. The van der Waals surface area contributed by atoms with Crippen molar-refractivity contribution < 1.29 is 22.7 Å². The predicted octanol–water partition coefficient (Wildman–Crippen LogP) is 4.87. The van der Waals surface area contributed by atoms with Gasteiger partial charge in [0, 0.05) is 23.8 Å². The highest BCUT2D eigenvalue weighted by Crippen LogP contribution is 2.32. The fourth-order valence-electron chi connectivity index (χ4n) is 3.88. The first kappa shape index (κ1) is 24.6. The van der Waals surface area contributed by atoms with Crippen LogP contribution in [-0.4, -0.2) is 39.5 Å². The summed E-state index contributed by atoms with van der Waals surface area (Å²) in [5.74, 6) is 0.710. The summed E-state index contributed by atoms with van der Waals surface area (Å²) >= 11 is 0. The van der Waals surface area contributed by atoms with Gasteiger partial charge in [-0.3, -0.25) is 9.52 Å². The van der Waals surface area contributed by atoms with Crippen LogP contribution >= 0.6 is 0 Å². The molecular formula is C27H30N2O5S. The van der Waals surface area contributed by atoms with Crippen molar-refractivity contribution in [1.29, 1.82) is 0 Å². The summed E-state index contributed by atoms with van der Waals surface area (Å²) in [6.45, 7) is 2.47. The van der Waals surface area contributed by atoms with Crippen LogP contribution in [0.5, 0.6) is 11.5 Å². The summed E-state index contributed by atoms with van der Waals surface area (Å²) in [7, 11) is -0.969. The number of carbonyl (C=O) groups excluding carboxylic acids is 1. The molecule has 3 aromatic carbocycles. The van der Waals surface area contributed by atoms with Crippen LogP contribution in [0.3, 0.4) is 0 Å². The Morgan fingerprint density at radius 3 is 2.17 bits per heavy atom. The first-order chi connectivity index (χ1) is 16.8. The summed E-state index contributed by atoms with van der Waals surface area (Å²) in [5, 5.41) is 0. The number of hydrogen-bond donors (Lipinski definition) is 1. The van der Waals surface area contributed by atoms with Crippen molar-refractivity contribution in [3.8, 4) is 11.5 Å². The van der Waals surface area contributed by atoms with Gasteiger partial charge < -0.3 is 14.4 Å². The SMILES string of the molecule is CCc1ccc(NS(=O)(=O)c2cc(C(=O)N(Cc3ccc(OC)cc3)C3CC3)ccc2OC)cc1. The molecule has 1 aliphatic carbocycles. The maximum atomic E-state index is 13.5. The summed E-state index contributed by atoms with van der Waals surface area (Å²) in [6.07, 6.45) is 2.72. The smallest absolute Gasteiger partial charge is 0.265 e. The fourth-order valence-corrected chi connectivity index (χ4v) is 5.14. The van der Waals surface area contributed by atoms with E-state index in [2.05, 4.69) is 4.72 Å². The van der Waals surface area contributed by atoms with Crippen LogP contribution in [0.2, 0.25) is 0 Å². The lowest BCUT2D eigenvalue weighted by Crippen LogP contribution is -2.32. The molecule has 4 rings (SSSR count). The zero-order valence-electron chi connectivity index (χ0n) is 20.2. The molecule has 1 fully saturated rings. The zero-order valence-corrected chi connectivity index (χ0v) is 21.0. The standard InChI is InChI=1S/C27H30N2O5S/c1-4-19-5-10-22(11-6-19)28-35(31,32)26-17-21(9-16-25(26)34-3)27(30)29(23-12-13-23)18-20-7-14-24(33-2)15-8-20/h5-11,14-17,23,28H,4,12-13,18H2,1-3H3. The van der Waals surface area contributed by atoms with Gasteiger partial charge in [-0.2, -0.15) is 0 Å². The van der Waals surface area contributed by atoms with Gasteiger partial charge in [-0.05, 0) is 72.9 Å². The van der Waals surface area contributed by atoms with Crippen molar-refractivity contribution in [2.24, 2.45) is 0 Å². The summed E-state index contributed by atoms with van der Waals surface area (Å²) in [4.78, 5) is 15.2. The number of hydrogen-bond acceptors (Lipinski definition) is 5. The number of aryl methyl sites for hydroxylation is 1. The van der Waals surface area contributed by atoms with Crippen molar-refractivity contribution in [1.82, 2.24) is 4.90 Å². The van der Waals surface area contributed by atoms with Crippen molar-refractivity contribution in [2.75, 3.05) is 18.9 Å². The third-order valence-corrected chi connectivity index (χ3v) is 7.48. The number of ether oxygens (including phenoxy) is 2. The van der Waals surface area contributed by atoms with Crippen molar-refractivity contribution >= 4 is 21.6 Å². The quantitative estimate of drug-likeness (QED) is 0.435. The minimum Gasteiger partial charge on any atom is -0.497 e. The topological polar surface area (TPSA) is 84.9 Å². The number of nitrogens with one attached hydrogen (secondary N) is 1. The van der Waals surface area contributed by atoms with E-state index in [1.54, 1.807) is 30.2 Å². The average molecular weight is 495 g/mol. The molecule has 1 amide bonds. The maximum Gasteiger partial charge on any atom is 0.265 e. The minimum atomic E-state index is -3.99. The average Bonchev–Trinajstić information content (AvgIpc) is 3.72. The number of anilines is 1. The molecular weight excluding hydrogens is 464 g/mol. The Balaban J connectivity index is 1.61. The fraction of sp³-hybridized carbons (Fsp3) is 0.296.